The number of methoxy groups -OCH3 is 1. The van der Waals surface area contributed by atoms with Crippen LogP contribution in [-0.4, -0.2) is 44.4 Å². The lowest BCUT2D eigenvalue weighted by atomic mass is 10.2. The molecule has 0 bridgehead atoms. The summed E-state index contributed by atoms with van der Waals surface area (Å²) in [6.07, 6.45) is 0. The van der Waals surface area contributed by atoms with Crippen LogP contribution >= 0.6 is 0 Å². The van der Waals surface area contributed by atoms with Crippen LogP contribution in [-0.2, 0) is 9.47 Å². The molecule has 0 spiro atoms. The standard InChI is InChI=1S/C14H18N2O4/c1-18-5-6-19-7-8-20-13-4-2-3-11-10(13)9-12(16-11)14(15)17/h2-4,9,16H,5-8H2,1H3,(H2,15,17). The number of aromatic amines is 1. The molecule has 0 aliphatic rings. The molecule has 2 aromatic rings. The molecule has 1 amide bonds. The van der Waals surface area contributed by atoms with Crippen molar-refractivity contribution >= 4 is 16.8 Å². The van der Waals surface area contributed by atoms with Gasteiger partial charge in [0.05, 0.1) is 19.8 Å². The summed E-state index contributed by atoms with van der Waals surface area (Å²) >= 11 is 0. The van der Waals surface area contributed by atoms with Crippen molar-refractivity contribution in [1.29, 1.82) is 0 Å². The fraction of sp³-hybridized carbons (Fsp3) is 0.357. The minimum absolute atomic E-state index is 0.368. The highest BCUT2D eigenvalue weighted by molar-refractivity contribution is 5.98. The number of H-pyrrole nitrogens is 1. The number of hydrogen-bond acceptors (Lipinski definition) is 4. The Morgan fingerprint density at radius 2 is 2.05 bits per heavy atom. The number of carbonyl (C=O) groups is 1. The number of nitrogens with two attached hydrogens (primary N) is 1. The first-order chi connectivity index (χ1) is 9.72. The first-order valence-electron chi connectivity index (χ1n) is 6.33. The number of nitrogens with one attached hydrogen (secondary N) is 1. The third-order valence-electron chi connectivity index (χ3n) is 2.81. The maximum Gasteiger partial charge on any atom is 0.265 e. The molecular formula is C14H18N2O4. The third-order valence-corrected chi connectivity index (χ3v) is 2.81. The molecule has 0 aliphatic heterocycles. The van der Waals surface area contributed by atoms with E-state index in [0.717, 1.165) is 10.9 Å². The van der Waals surface area contributed by atoms with Crippen LogP contribution in [0.3, 0.4) is 0 Å². The highest BCUT2D eigenvalue weighted by Crippen LogP contribution is 2.26. The SMILES string of the molecule is COCCOCCOc1cccc2[nH]c(C(N)=O)cc12. The number of ether oxygens (including phenoxy) is 3. The molecular weight excluding hydrogens is 260 g/mol. The van der Waals surface area contributed by atoms with E-state index in [1.165, 1.54) is 0 Å². The summed E-state index contributed by atoms with van der Waals surface area (Å²) in [5.74, 6) is 0.205. The molecule has 0 atom stereocenters. The van der Waals surface area contributed by atoms with Gasteiger partial charge in [0.25, 0.3) is 5.91 Å². The van der Waals surface area contributed by atoms with Gasteiger partial charge in [-0.05, 0) is 18.2 Å². The Labute approximate surface area is 116 Å². The van der Waals surface area contributed by atoms with Crippen LogP contribution < -0.4 is 10.5 Å². The van der Waals surface area contributed by atoms with E-state index in [4.69, 9.17) is 19.9 Å². The predicted molar refractivity (Wildman–Crippen MR) is 75.0 cm³/mol. The van der Waals surface area contributed by atoms with E-state index in [9.17, 15) is 4.79 Å². The van der Waals surface area contributed by atoms with Crippen molar-refractivity contribution in [2.75, 3.05) is 33.5 Å². The lowest BCUT2D eigenvalue weighted by molar-refractivity contribution is 0.0547. The largest absolute Gasteiger partial charge is 0.490 e. The summed E-state index contributed by atoms with van der Waals surface area (Å²) in [5, 5.41) is 0.832. The minimum Gasteiger partial charge on any atom is -0.490 e. The zero-order valence-electron chi connectivity index (χ0n) is 11.3. The fourth-order valence-corrected chi connectivity index (χ4v) is 1.84. The van der Waals surface area contributed by atoms with Crippen LogP contribution in [0.1, 0.15) is 10.5 Å². The summed E-state index contributed by atoms with van der Waals surface area (Å²) in [5.41, 5.74) is 6.44. The fourth-order valence-electron chi connectivity index (χ4n) is 1.84. The normalized spacial score (nSPS) is 10.8. The summed E-state index contributed by atoms with van der Waals surface area (Å²) in [4.78, 5) is 14.1. The molecule has 1 aromatic carbocycles. The molecule has 0 saturated heterocycles. The zero-order valence-corrected chi connectivity index (χ0v) is 11.3. The van der Waals surface area contributed by atoms with Gasteiger partial charge in [0, 0.05) is 18.0 Å². The summed E-state index contributed by atoms with van der Waals surface area (Å²) in [6.45, 7) is 2.02. The Balaban J connectivity index is 1.97. The van der Waals surface area contributed by atoms with Gasteiger partial charge in [0.2, 0.25) is 0 Å². The first kappa shape index (κ1) is 14.4. The van der Waals surface area contributed by atoms with Crippen LogP contribution in [0.15, 0.2) is 24.3 Å². The lowest BCUT2D eigenvalue weighted by Gasteiger charge is -2.07. The molecule has 6 heteroatoms. The van der Waals surface area contributed by atoms with Crippen molar-refractivity contribution in [3.63, 3.8) is 0 Å². The highest BCUT2D eigenvalue weighted by Gasteiger charge is 2.09. The second-order valence-corrected chi connectivity index (χ2v) is 4.22. The molecule has 3 N–H and O–H groups in total. The van der Waals surface area contributed by atoms with Crippen LogP contribution in [0, 0.1) is 0 Å². The summed E-state index contributed by atoms with van der Waals surface area (Å²) in [7, 11) is 1.63. The Kier molecular flexibility index (Phi) is 4.97. The molecule has 108 valence electrons. The van der Waals surface area contributed by atoms with E-state index in [0.29, 0.717) is 37.9 Å². The smallest absolute Gasteiger partial charge is 0.265 e. The molecule has 1 aromatic heterocycles. The predicted octanol–water partition coefficient (Wildman–Crippen LogP) is 1.31. The van der Waals surface area contributed by atoms with E-state index in [1.807, 2.05) is 18.2 Å². The Hall–Kier alpha value is -2.05. The van der Waals surface area contributed by atoms with Crippen LogP contribution in [0.2, 0.25) is 0 Å². The molecule has 0 unspecified atom stereocenters. The number of rotatable bonds is 8. The second kappa shape index (κ2) is 6.93. The van der Waals surface area contributed by atoms with Gasteiger partial charge < -0.3 is 24.9 Å². The Morgan fingerprint density at radius 3 is 2.80 bits per heavy atom. The summed E-state index contributed by atoms with van der Waals surface area (Å²) in [6, 6.07) is 7.25. The third kappa shape index (κ3) is 3.49. The molecule has 0 radical (unpaired) electrons. The van der Waals surface area contributed by atoms with Crippen molar-refractivity contribution in [1.82, 2.24) is 4.98 Å². The Bertz CT molecular complexity index is 580. The van der Waals surface area contributed by atoms with E-state index < -0.39 is 5.91 Å². The molecule has 2 rings (SSSR count). The van der Waals surface area contributed by atoms with E-state index in [1.54, 1.807) is 13.2 Å². The Morgan fingerprint density at radius 1 is 1.25 bits per heavy atom. The summed E-state index contributed by atoms with van der Waals surface area (Å²) < 4.78 is 15.8. The van der Waals surface area contributed by atoms with Crippen molar-refractivity contribution < 1.29 is 19.0 Å². The van der Waals surface area contributed by atoms with Crippen molar-refractivity contribution in [3.05, 3.63) is 30.0 Å². The number of amides is 1. The van der Waals surface area contributed by atoms with Crippen molar-refractivity contribution in [2.24, 2.45) is 5.73 Å². The van der Waals surface area contributed by atoms with Gasteiger partial charge in [-0.3, -0.25) is 4.79 Å². The van der Waals surface area contributed by atoms with Crippen LogP contribution in [0.25, 0.3) is 10.9 Å². The number of benzene rings is 1. The van der Waals surface area contributed by atoms with Crippen LogP contribution in [0.5, 0.6) is 5.75 Å². The maximum absolute atomic E-state index is 11.2. The molecule has 0 aliphatic carbocycles. The first-order valence-corrected chi connectivity index (χ1v) is 6.33. The number of carbonyl (C=O) groups excluding carboxylic acids is 1. The quantitative estimate of drug-likeness (QED) is 0.713. The van der Waals surface area contributed by atoms with E-state index in [-0.39, 0.29) is 0 Å². The number of aromatic nitrogens is 1. The number of primary amides is 1. The van der Waals surface area contributed by atoms with E-state index >= 15 is 0 Å². The van der Waals surface area contributed by atoms with Crippen molar-refractivity contribution in [3.8, 4) is 5.75 Å². The van der Waals surface area contributed by atoms with Gasteiger partial charge >= 0.3 is 0 Å². The average molecular weight is 278 g/mol. The van der Waals surface area contributed by atoms with Gasteiger partial charge in [-0.25, -0.2) is 0 Å². The molecule has 6 nitrogen and oxygen atoms in total. The molecule has 0 saturated carbocycles. The topological polar surface area (TPSA) is 86.6 Å². The second-order valence-electron chi connectivity index (χ2n) is 4.22. The molecule has 1 heterocycles. The van der Waals surface area contributed by atoms with Gasteiger partial charge in [-0.1, -0.05) is 6.07 Å². The van der Waals surface area contributed by atoms with Crippen LogP contribution in [0.4, 0.5) is 0 Å². The highest BCUT2D eigenvalue weighted by atomic mass is 16.5. The maximum atomic E-state index is 11.2. The van der Waals surface area contributed by atoms with Gasteiger partial charge in [-0.15, -0.1) is 0 Å². The zero-order chi connectivity index (χ0) is 14.4. The molecule has 20 heavy (non-hydrogen) atoms. The average Bonchev–Trinajstić information content (AvgIpc) is 2.87. The van der Waals surface area contributed by atoms with E-state index in [2.05, 4.69) is 4.98 Å². The lowest BCUT2D eigenvalue weighted by Crippen LogP contribution is -2.10. The number of hydrogen-bond donors (Lipinski definition) is 2. The van der Waals surface area contributed by atoms with Gasteiger partial charge in [0.1, 0.15) is 18.1 Å². The molecule has 0 fully saturated rings. The number of fused-ring (bicyclic) bond motifs is 1. The monoisotopic (exact) mass is 278 g/mol. The minimum atomic E-state index is -0.491. The van der Waals surface area contributed by atoms with Gasteiger partial charge in [0.15, 0.2) is 0 Å². The van der Waals surface area contributed by atoms with Crippen molar-refractivity contribution in [2.45, 2.75) is 0 Å². The van der Waals surface area contributed by atoms with Gasteiger partial charge in [-0.2, -0.15) is 0 Å².